The topological polar surface area (TPSA) is 119 Å². The van der Waals surface area contributed by atoms with Crippen molar-refractivity contribution in [3.8, 4) is 6.01 Å². The number of hydrogen-bond donors (Lipinski definition) is 1. The minimum absolute atomic E-state index is 0.224. The van der Waals surface area contributed by atoms with Crippen LogP contribution in [0.25, 0.3) is 0 Å². The summed E-state index contributed by atoms with van der Waals surface area (Å²) in [6.07, 6.45) is 3.87. The molecule has 0 bridgehead atoms. The lowest BCUT2D eigenvalue weighted by atomic mass is 9.96. The number of carbonyl (C=O) groups is 1. The van der Waals surface area contributed by atoms with Gasteiger partial charge >= 0.3 is 12.0 Å². The SMILES string of the molecule is C=Nc1c(N)nc(OCCCC)nc1N(CCl)CC1CCN(Cc2ccc(C(=O)OCC)o2)CC1. The third-order valence-corrected chi connectivity index (χ3v) is 6.20. The number of likely N-dealkylation sites (tertiary alicyclic amines) is 1. The van der Waals surface area contributed by atoms with Crippen molar-refractivity contribution in [3.05, 3.63) is 23.7 Å². The number of nitrogen functional groups attached to an aromatic ring is 1. The third-order valence-electron chi connectivity index (χ3n) is 5.91. The summed E-state index contributed by atoms with van der Waals surface area (Å²) < 4.78 is 16.3. The average Bonchev–Trinajstić information content (AvgIpc) is 3.32. The summed E-state index contributed by atoms with van der Waals surface area (Å²) in [6, 6.07) is 3.95. The van der Waals surface area contributed by atoms with Gasteiger partial charge in [0.1, 0.15) is 11.4 Å². The molecule has 192 valence electrons. The van der Waals surface area contributed by atoms with Crippen molar-refractivity contribution in [1.82, 2.24) is 14.9 Å². The number of nitrogens with two attached hydrogens (primary N) is 1. The van der Waals surface area contributed by atoms with Crippen molar-refractivity contribution in [2.75, 3.05) is 49.5 Å². The van der Waals surface area contributed by atoms with Crippen molar-refractivity contribution in [2.24, 2.45) is 10.9 Å². The summed E-state index contributed by atoms with van der Waals surface area (Å²) >= 11 is 6.33. The predicted molar refractivity (Wildman–Crippen MR) is 137 cm³/mol. The van der Waals surface area contributed by atoms with Crippen LogP contribution in [-0.4, -0.2) is 66.4 Å². The zero-order valence-corrected chi connectivity index (χ0v) is 21.3. The first-order valence-corrected chi connectivity index (χ1v) is 12.6. The lowest BCUT2D eigenvalue weighted by Gasteiger charge is -2.34. The number of aliphatic imine (C=N–C) groups is 1. The van der Waals surface area contributed by atoms with Crippen molar-refractivity contribution in [1.29, 1.82) is 0 Å². The van der Waals surface area contributed by atoms with Crippen LogP contribution in [0, 0.1) is 5.92 Å². The van der Waals surface area contributed by atoms with Crippen LogP contribution in [0.1, 0.15) is 55.8 Å². The largest absolute Gasteiger partial charge is 0.463 e. The number of piperidine rings is 1. The van der Waals surface area contributed by atoms with E-state index >= 15 is 0 Å². The molecule has 0 atom stereocenters. The van der Waals surface area contributed by atoms with E-state index < -0.39 is 5.97 Å². The molecule has 2 aromatic rings. The van der Waals surface area contributed by atoms with Crippen LogP contribution in [-0.2, 0) is 11.3 Å². The maximum absolute atomic E-state index is 11.8. The van der Waals surface area contributed by atoms with E-state index in [1.54, 1.807) is 13.0 Å². The molecule has 0 aromatic carbocycles. The molecule has 1 fully saturated rings. The number of aromatic nitrogens is 2. The summed E-state index contributed by atoms with van der Waals surface area (Å²) in [5.74, 6) is 1.73. The Morgan fingerprint density at radius 1 is 1.34 bits per heavy atom. The van der Waals surface area contributed by atoms with Gasteiger partial charge < -0.3 is 24.5 Å². The fraction of sp³-hybridized carbons (Fsp3) is 0.583. The fourth-order valence-corrected chi connectivity index (χ4v) is 4.22. The molecule has 0 unspecified atom stereocenters. The maximum Gasteiger partial charge on any atom is 0.374 e. The van der Waals surface area contributed by atoms with Crippen molar-refractivity contribution in [3.63, 3.8) is 0 Å². The van der Waals surface area contributed by atoms with Crippen LogP contribution in [0.3, 0.4) is 0 Å². The second-order valence-corrected chi connectivity index (χ2v) is 8.71. The number of alkyl halides is 1. The molecule has 3 heterocycles. The molecular formula is C24H35ClN6O4. The van der Waals surface area contributed by atoms with E-state index in [0.717, 1.165) is 44.5 Å². The molecule has 1 aliphatic rings. The number of unbranched alkanes of at least 4 members (excludes halogenated alkanes) is 1. The number of hydrogen-bond acceptors (Lipinski definition) is 10. The lowest BCUT2D eigenvalue weighted by molar-refractivity contribution is 0.0485. The molecule has 35 heavy (non-hydrogen) atoms. The Balaban J connectivity index is 1.59. The normalized spacial score (nSPS) is 14.6. The summed E-state index contributed by atoms with van der Waals surface area (Å²) in [5, 5.41) is 0. The second-order valence-electron chi connectivity index (χ2n) is 8.47. The van der Waals surface area contributed by atoms with E-state index in [0.29, 0.717) is 43.7 Å². The van der Waals surface area contributed by atoms with Crippen molar-refractivity contribution in [2.45, 2.75) is 46.1 Å². The average molecular weight is 507 g/mol. The molecule has 1 saturated heterocycles. The van der Waals surface area contributed by atoms with Crippen LogP contribution < -0.4 is 15.4 Å². The van der Waals surface area contributed by atoms with E-state index in [1.807, 2.05) is 11.0 Å². The van der Waals surface area contributed by atoms with Crippen LogP contribution in [0.5, 0.6) is 6.01 Å². The molecule has 0 aliphatic carbocycles. The molecule has 2 N–H and O–H groups in total. The smallest absolute Gasteiger partial charge is 0.374 e. The number of furan rings is 1. The second kappa shape index (κ2) is 13.3. The Kier molecular flexibility index (Phi) is 10.2. The van der Waals surface area contributed by atoms with Gasteiger partial charge in [-0.3, -0.25) is 9.89 Å². The number of ether oxygens (including phenoxy) is 2. The molecule has 1 aliphatic heterocycles. The Morgan fingerprint density at radius 2 is 2.11 bits per heavy atom. The number of halogens is 1. The lowest BCUT2D eigenvalue weighted by Crippen LogP contribution is -2.38. The number of carbonyl (C=O) groups excluding carboxylic acids is 1. The summed E-state index contributed by atoms with van der Waals surface area (Å²) in [6.45, 7) is 11.5. The van der Waals surface area contributed by atoms with Gasteiger partial charge in [0.25, 0.3) is 0 Å². The highest BCUT2D eigenvalue weighted by Crippen LogP contribution is 2.34. The third kappa shape index (κ3) is 7.32. The highest BCUT2D eigenvalue weighted by Gasteiger charge is 2.25. The van der Waals surface area contributed by atoms with Crippen LogP contribution in [0.15, 0.2) is 21.5 Å². The van der Waals surface area contributed by atoms with Crippen LogP contribution >= 0.6 is 11.6 Å². The first-order valence-electron chi connectivity index (χ1n) is 12.0. The van der Waals surface area contributed by atoms with Crippen LogP contribution in [0.4, 0.5) is 17.3 Å². The van der Waals surface area contributed by atoms with Crippen LogP contribution in [0.2, 0.25) is 0 Å². The van der Waals surface area contributed by atoms with Gasteiger partial charge in [-0.05, 0) is 64.0 Å². The Hall–Kier alpha value is -2.85. The quantitative estimate of drug-likeness (QED) is 0.140. The van der Waals surface area contributed by atoms with Gasteiger partial charge in [0.2, 0.25) is 5.76 Å². The van der Waals surface area contributed by atoms with Crippen molar-refractivity contribution >= 4 is 41.6 Å². The maximum atomic E-state index is 11.8. The minimum Gasteiger partial charge on any atom is -0.463 e. The van der Waals surface area contributed by atoms with E-state index in [1.165, 1.54) is 0 Å². The highest BCUT2D eigenvalue weighted by atomic mass is 35.5. The van der Waals surface area contributed by atoms with E-state index in [-0.39, 0.29) is 23.6 Å². The molecule has 0 radical (unpaired) electrons. The molecule has 3 rings (SSSR count). The molecule has 0 saturated carbocycles. The molecule has 11 heteroatoms. The van der Waals surface area contributed by atoms with E-state index in [4.69, 9.17) is 31.2 Å². The summed E-state index contributed by atoms with van der Waals surface area (Å²) in [4.78, 5) is 28.9. The van der Waals surface area contributed by atoms with Crippen molar-refractivity contribution < 1.29 is 18.7 Å². The van der Waals surface area contributed by atoms with Gasteiger partial charge in [-0.15, -0.1) is 11.6 Å². The first kappa shape index (κ1) is 26.7. The minimum atomic E-state index is -0.434. The van der Waals surface area contributed by atoms with Gasteiger partial charge in [-0.2, -0.15) is 9.97 Å². The van der Waals surface area contributed by atoms with E-state index in [2.05, 4.69) is 33.5 Å². The number of rotatable bonds is 13. The highest BCUT2D eigenvalue weighted by molar-refractivity contribution is 6.19. The zero-order chi connectivity index (χ0) is 25.2. The fourth-order valence-electron chi connectivity index (χ4n) is 4.01. The van der Waals surface area contributed by atoms with E-state index in [9.17, 15) is 4.79 Å². The Labute approximate surface area is 211 Å². The molecule has 0 spiro atoms. The Morgan fingerprint density at radius 3 is 2.77 bits per heavy atom. The predicted octanol–water partition coefficient (Wildman–Crippen LogP) is 4.25. The van der Waals surface area contributed by atoms with Gasteiger partial charge in [-0.1, -0.05) is 13.3 Å². The van der Waals surface area contributed by atoms with Gasteiger partial charge in [0.15, 0.2) is 11.6 Å². The number of esters is 1. The number of nitrogens with zero attached hydrogens (tertiary/aromatic N) is 5. The first-order chi connectivity index (χ1) is 17.0. The molecule has 10 nitrogen and oxygen atoms in total. The standard InChI is InChI=1S/C24H35ClN6O4/c1-4-6-13-34-24-28-21(26)20(27-3)22(29-24)31(16-25)14-17-9-11-30(12-10-17)15-18-7-8-19(35-18)23(32)33-5-2/h7-8,17H,3-6,9-16H2,1-2H3,(H2,26,28,29). The van der Waals surface area contributed by atoms with Gasteiger partial charge in [0.05, 0.1) is 25.8 Å². The van der Waals surface area contributed by atoms with Gasteiger partial charge in [-0.25, -0.2) is 4.79 Å². The molecule has 2 aromatic heterocycles. The van der Waals surface area contributed by atoms with Gasteiger partial charge in [0, 0.05) is 6.54 Å². The molecular weight excluding hydrogens is 472 g/mol. The monoisotopic (exact) mass is 506 g/mol. The Bertz CT molecular complexity index is 977. The number of anilines is 2. The summed E-state index contributed by atoms with van der Waals surface area (Å²) in [7, 11) is 0. The zero-order valence-electron chi connectivity index (χ0n) is 20.5. The summed E-state index contributed by atoms with van der Waals surface area (Å²) in [5.41, 5.74) is 6.53. The molecule has 0 amide bonds.